The Kier molecular flexibility index (Phi) is 7.24. The molecular weight excluding hydrogens is 293 g/mol. The molecule has 1 aromatic carbocycles. The third-order valence-corrected chi connectivity index (χ3v) is 4.38. The van der Waals surface area contributed by atoms with E-state index in [-0.39, 0.29) is 4.90 Å². The smallest absolute Gasteiger partial charge is 0.240 e. The monoisotopic (exact) mass is 317 g/mol. The molecule has 0 amide bonds. The van der Waals surface area contributed by atoms with Gasteiger partial charge in [0, 0.05) is 25.2 Å². The van der Waals surface area contributed by atoms with Gasteiger partial charge in [-0.15, -0.1) is 0 Å². The van der Waals surface area contributed by atoms with Crippen molar-refractivity contribution in [3.8, 4) is 0 Å². The number of halogens is 1. The molecule has 0 aromatic heterocycles. The second-order valence-electron chi connectivity index (χ2n) is 5.13. The summed E-state index contributed by atoms with van der Waals surface area (Å²) in [6.07, 6.45) is 0.936. The van der Waals surface area contributed by atoms with Gasteiger partial charge in [-0.3, -0.25) is 0 Å². The molecule has 0 aliphatic rings. The number of nitrogens with one attached hydrogen (secondary N) is 2. The molecule has 21 heavy (non-hydrogen) atoms. The van der Waals surface area contributed by atoms with E-state index in [0.29, 0.717) is 25.2 Å². The van der Waals surface area contributed by atoms with E-state index in [1.54, 1.807) is 0 Å². The Balaban J connectivity index is 2.79. The number of nitrogens with zero attached hydrogens (tertiary/aromatic N) is 1. The summed E-state index contributed by atoms with van der Waals surface area (Å²) in [6.45, 7) is 4.01. The summed E-state index contributed by atoms with van der Waals surface area (Å²) in [5.74, 6) is -0.397. The summed E-state index contributed by atoms with van der Waals surface area (Å²) in [4.78, 5) is 1.98. The SMILES string of the molecule is CCCNCc1cc(S(=O)(=O)NCCN(C)C)ccc1F. The van der Waals surface area contributed by atoms with Crippen LogP contribution in [0.2, 0.25) is 0 Å². The van der Waals surface area contributed by atoms with E-state index in [1.165, 1.54) is 18.2 Å². The quantitative estimate of drug-likeness (QED) is 0.671. The van der Waals surface area contributed by atoms with Crippen LogP contribution >= 0.6 is 0 Å². The van der Waals surface area contributed by atoms with Crippen molar-refractivity contribution in [2.24, 2.45) is 0 Å². The van der Waals surface area contributed by atoms with Gasteiger partial charge in [0.05, 0.1) is 4.90 Å². The molecule has 0 saturated heterocycles. The van der Waals surface area contributed by atoms with E-state index in [2.05, 4.69) is 10.0 Å². The number of rotatable bonds is 9. The highest BCUT2D eigenvalue weighted by Crippen LogP contribution is 2.15. The van der Waals surface area contributed by atoms with Crippen LogP contribution < -0.4 is 10.0 Å². The van der Waals surface area contributed by atoms with Gasteiger partial charge in [0.25, 0.3) is 0 Å². The van der Waals surface area contributed by atoms with Gasteiger partial charge in [-0.25, -0.2) is 17.5 Å². The Morgan fingerprint density at radius 2 is 1.95 bits per heavy atom. The fourth-order valence-electron chi connectivity index (χ4n) is 1.74. The van der Waals surface area contributed by atoms with Crippen LogP contribution in [0, 0.1) is 5.82 Å². The molecule has 0 aliphatic carbocycles. The third-order valence-electron chi connectivity index (χ3n) is 2.92. The lowest BCUT2D eigenvalue weighted by Crippen LogP contribution is -2.31. The molecule has 1 rings (SSSR count). The van der Waals surface area contributed by atoms with E-state index in [1.807, 2.05) is 25.9 Å². The van der Waals surface area contributed by atoms with Crippen molar-refractivity contribution in [3.63, 3.8) is 0 Å². The molecule has 0 bridgehead atoms. The molecule has 0 radical (unpaired) electrons. The second kappa shape index (κ2) is 8.43. The van der Waals surface area contributed by atoms with Crippen LogP contribution in [0.5, 0.6) is 0 Å². The van der Waals surface area contributed by atoms with Gasteiger partial charge < -0.3 is 10.2 Å². The molecule has 0 heterocycles. The van der Waals surface area contributed by atoms with E-state index in [0.717, 1.165) is 13.0 Å². The fourth-order valence-corrected chi connectivity index (χ4v) is 2.81. The normalized spacial score (nSPS) is 12.0. The lowest BCUT2D eigenvalue weighted by Gasteiger charge is -2.12. The molecule has 2 N–H and O–H groups in total. The first-order valence-corrected chi connectivity index (χ1v) is 8.48. The van der Waals surface area contributed by atoms with Gasteiger partial charge in [-0.05, 0) is 45.3 Å². The van der Waals surface area contributed by atoms with Crippen LogP contribution in [-0.2, 0) is 16.6 Å². The highest BCUT2D eigenvalue weighted by Gasteiger charge is 2.15. The van der Waals surface area contributed by atoms with Gasteiger partial charge in [0.15, 0.2) is 0 Å². The zero-order valence-corrected chi connectivity index (χ0v) is 13.6. The Hall–Kier alpha value is -1.02. The Bertz CT molecular complexity index is 547. The maximum atomic E-state index is 13.7. The standard InChI is InChI=1S/C14H24FN3O2S/c1-4-7-16-11-12-10-13(5-6-14(12)15)21(19,20)17-8-9-18(2)3/h5-6,10,16-17H,4,7-9,11H2,1-3H3. The fraction of sp³-hybridized carbons (Fsp3) is 0.571. The first-order valence-electron chi connectivity index (χ1n) is 7.00. The zero-order valence-electron chi connectivity index (χ0n) is 12.8. The lowest BCUT2D eigenvalue weighted by atomic mass is 10.2. The van der Waals surface area contributed by atoms with Crippen LogP contribution in [0.1, 0.15) is 18.9 Å². The molecule has 120 valence electrons. The summed E-state index contributed by atoms with van der Waals surface area (Å²) in [6, 6.07) is 3.87. The highest BCUT2D eigenvalue weighted by molar-refractivity contribution is 7.89. The predicted octanol–water partition coefficient (Wildman–Crippen LogP) is 1.17. The molecule has 0 atom stereocenters. The van der Waals surface area contributed by atoms with Crippen LogP contribution in [0.25, 0.3) is 0 Å². The van der Waals surface area contributed by atoms with Gasteiger partial charge in [-0.2, -0.15) is 0 Å². The highest BCUT2D eigenvalue weighted by atomic mass is 32.2. The minimum atomic E-state index is -3.60. The molecule has 0 saturated carbocycles. The van der Waals surface area contributed by atoms with Gasteiger partial charge >= 0.3 is 0 Å². The van der Waals surface area contributed by atoms with Crippen molar-refractivity contribution >= 4 is 10.0 Å². The summed E-state index contributed by atoms with van der Waals surface area (Å²) in [7, 11) is 0.133. The molecule has 0 fully saturated rings. The van der Waals surface area contributed by atoms with Crippen molar-refractivity contribution in [2.45, 2.75) is 24.8 Å². The molecule has 5 nitrogen and oxygen atoms in total. The van der Waals surface area contributed by atoms with Gasteiger partial charge in [0.1, 0.15) is 5.82 Å². The van der Waals surface area contributed by atoms with Crippen LogP contribution in [0.15, 0.2) is 23.1 Å². The van der Waals surface area contributed by atoms with E-state index >= 15 is 0 Å². The maximum absolute atomic E-state index is 13.7. The summed E-state index contributed by atoms with van der Waals surface area (Å²) in [5.41, 5.74) is 0.360. The summed E-state index contributed by atoms with van der Waals surface area (Å²) in [5, 5.41) is 3.07. The molecule has 0 unspecified atom stereocenters. The second-order valence-corrected chi connectivity index (χ2v) is 6.90. The lowest BCUT2D eigenvalue weighted by molar-refractivity contribution is 0.412. The van der Waals surface area contributed by atoms with E-state index in [9.17, 15) is 12.8 Å². The maximum Gasteiger partial charge on any atom is 0.240 e. The van der Waals surface area contributed by atoms with Crippen LogP contribution in [0.3, 0.4) is 0 Å². The number of sulfonamides is 1. The topological polar surface area (TPSA) is 61.4 Å². The summed E-state index contributed by atoms with van der Waals surface area (Å²) < 4.78 is 40.5. The molecule has 7 heteroatoms. The van der Waals surface area contributed by atoms with Crippen molar-refractivity contribution in [1.29, 1.82) is 0 Å². The molecule has 0 aliphatic heterocycles. The third kappa shape index (κ3) is 6.09. The number of hydrogen-bond donors (Lipinski definition) is 2. The average molecular weight is 317 g/mol. The van der Waals surface area contributed by atoms with Crippen molar-refractivity contribution in [2.75, 3.05) is 33.7 Å². The molecular formula is C14H24FN3O2S. The van der Waals surface area contributed by atoms with E-state index < -0.39 is 15.8 Å². The molecule has 0 spiro atoms. The van der Waals surface area contributed by atoms with Crippen LogP contribution in [0.4, 0.5) is 4.39 Å². The Morgan fingerprint density at radius 1 is 1.24 bits per heavy atom. The van der Waals surface area contributed by atoms with Gasteiger partial charge in [0.2, 0.25) is 10.0 Å². The van der Waals surface area contributed by atoms with Crippen molar-refractivity contribution < 1.29 is 12.8 Å². The van der Waals surface area contributed by atoms with Crippen molar-refractivity contribution in [1.82, 2.24) is 14.9 Å². The Labute approximate surface area is 126 Å². The first kappa shape index (κ1) is 18.0. The minimum absolute atomic E-state index is 0.0935. The largest absolute Gasteiger partial charge is 0.313 e. The number of benzene rings is 1. The molecule has 1 aromatic rings. The Morgan fingerprint density at radius 3 is 2.57 bits per heavy atom. The van der Waals surface area contributed by atoms with Gasteiger partial charge in [-0.1, -0.05) is 6.92 Å². The van der Waals surface area contributed by atoms with Crippen LogP contribution in [-0.4, -0.2) is 47.0 Å². The number of likely N-dealkylation sites (N-methyl/N-ethyl adjacent to an activating group) is 1. The summed E-state index contributed by atoms with van der Waals surface area (Å²) >= 11 is 0. The zero-order chi connectivity index (χ0) is 15.9. The minimum Gasteiger partial charge on any atom is -0.313 e. The average Bonchev–Trinajstić information content (AvgIpc) is 2.40. The van der Waals surface area contributed by atoms with E-state index in [4.69, 9.17) is 0 Å². The first-order chi connectivity index (χ1) is 9.86. The number of hydrogen-bond acceptors (Lipinski definition) is 4. The van der Waals surface area contributed by atoms with Crippen molar-refractivity contribution in [3.05, 3.63) is 29.6 Å². The predicted molar refractivity (Wildman–Crippen MR) is 82.1 cm³/mol.